The van der Waals surface area contributed by atoms with Crippen LogP contribution in [0.15, 0.2) is 54.6 Å². The third-order valence-corrected chi connectivity index (χ3v) is 4.69. The summed E-state index contributed by atoms with van der Waals surface area (Å²) in [6, 6.07) is 16.9. The molecule has 0 atom stereocenters. The molecule has 0 aliphatic heterocycles. The highest BCUT2D eigenvalue weighted by molar-refractivity contribution is 7.87. The molecule has 0 saturated heterocycles. The lowest BCUT2D eigenvalue weighted by atomic mass is 10.2. The zero-order chi connectivity index (χ0) is 17.0. The molecule has 0 saturated carbocycles. The first-order chi connectivity index (χ1) is 11.6. The quantitative estimate of drug-likeness (QED) is 0.614. The van der Waals surface area contributed by atoms with Crippen LogP contribution in [0.3, 0.4) is 0 Å². The third-order valence-electron chi connectivity index (χ3n) is 3.65. The maximum absolute atomic E-state index is 12.0. The largest absolute Gasteiger partial charge is 0.497 e. The minimum Gasteiger partial charge on any atom is -0.497 e. The van der Waals surface area contributed by atoms with E-state index in [9.17, 15) is 8.42 Å². The summed E-state index contributed by atoms with van der Waals surface area (Å²) in [7, 11) is -1.96. The second-order valence-electron chi connectivity index (χ2n) is 5.38. The first-order valence-electron chi connectivity index (χ1n) is 7.49. The number of fused-ring (bicyclic) bond motifs is 1. The van der Waals surface area contributed by atoms with Gasteiger partial charge in [0.05, 0.1) is 13.7 Å². The van der Waals surface area contributed by atoms with Gasteiger partial charge < -0.3 is 9.72 Å². The Hall–Kier alpha value is -2.35. The van der Waals surface area contributed by atoms with Crippen molar-refractivity contribution in [2.75, 3.05) is 7.11 Å². The Morgan fingerprint density at radius 3 is 2.50 bits per heavy atom. The van der Waals surface area contributed by atoms with Crippen LogP contribution in [0.5, 0.6) is 5.75 Å². The molecule has 1 aromatic heterocycles. The lowest BCUT2D eigenvalue weighted by Crippen LogP contribution is -2.35. The van der Waals surface area contributed by atoms with E-state index < -0.39 is 10.2 Å². The topological polar surface area (TPSA) is 83.2 Å². The minimum absolute atomic E-state index is 0.182. The first kappa shape index (κ1) is 16.5. The van der Waals surface area contributed by atoms with Gasteiger partial charge in [0.15, 0.2) is 0 Å². The zero-order valence-electron chi connectivity index (χ0n) is 13.2. The molecule has 0 bridgehead atoms. The van der Waals surface area contributed by atoms with E-state index in [-0.39, 0.29) is 13.1 Å². The molecule has 0 radical (unpaired) electrons. The smallest absolute Gasteiger partial charge is 0.277 e. The number of hydrogen-bond acceptors (Lipinski definition) is 3. The average molecular weight is 345 g/mol. The Bertz CT molecular complexity index is 921. The molecular weight excluding hydrogens is 326 g/mol. The van der Waals surface area contributed by atoms with Crippen LogP contribution in [0.2, 0.25) is 0 Å². The van der Waals surface area contributed by atoms with Gasteiger partial charge in [0, 0.05) is 23.1 Å². The van der Waals surface area contributed by atoms with Crippen molar-refractivity contribution < 1.29 is 13.2 Å². The van der Waals surface area contributed by atoms with Crippen LogP contribution in [-0.4, -0.2) is 20.5 Å². The Morgan fingerprint density at radius 2 is 1.75 bits per heavy atom. The van der Waals surface area contributed by atoms with Gasteiger partial charge >= 0.3 is 0 Å². The number of benzene rings is 2. The summed E-state index contributed by atoms with van der Waals surface area (Å²) >= 11 is 0. The number of ether oxygens (including phenoxy) is 1. The molecule has 0 aliphatic rings. The monoisotopic (exact) mass is 345 g/mol. The van der Waals surface area contributed by atoms with Gasteiger partial charge in [-0.2, -0.15) is 17.9 Å². The van der Waals surface area contributed by atoms with Crippen molar-refractivity contribution in [3.05, 3.63) is 65.9 Å². The fourth-order valence-electron chi connectivity index (χ4n) is 2.39. The molecule has 6 nitrogen and oxygen atoms in total. The van der Waals surface area contributed by atoms with Crippen LogP contribution < -0.4 is 14.2 Å². The second kappa shape index (κ2) is 7.04. The van der Waals surface area contributed by atoms with Crippen molar-refractivity contribution in [1.29, 1.82) is 0 Å². The van der Waals surface area contributed by atoms with Crippen LogP contribution in [0, 0.1) is 0 Å². The molecule has 7 heteroatoms. The Morgan fingerprint density at radius 1 is 1.00 bits per heavy atom. The SMILES string of the molecule is COc1ccc2[nH]c(CNS(=O)(=O)NCc3ccccc3)cc2c1. The lowest BCUT2D eigenvalue weighted by molar-refractivity contribution is 0.415. The summed E-state index contributed by atoms with van der Waals surface area (Å²) in [5.74, 6) is 0.762. The molecule has 2 aromatic carbocycles. The summed E-state index contributed by atoms with van der Waals surface area (Å²) in [5, 5.41) is 0.973. The molecule has 0 spiro atoms. The van der Waals surface area contributed by atoms with Crippen molar-refractivity contribution >= 4 is 21.1 Å². The van der Waals surface area contributed by atoms with Crippen molar-refractivity contribution in [1.82, 2.24) is 14.4 Å². The van der Waals surface area contributed by atoms with Gasteiger partial charge in [-0.3, -0.25) is 0 Å². The number of hydrogen-bond donors (Lipinski definition) is 3. The second-order valence-corrected chi connectivity index (χ2v) is 6.96. The van der Waals surface area contributed by atoms with E-state index in [1.54, 1.807) is 7.11 Å². The number of aromatic nitrogens is 1. The molecule has 1 heterocycles. The standard InChI is InChI=1S/C17H19N3O3S/c1-23-16-7-8-17-14(10-16)9-15(20-17)12-19-24(21,22)18-11-13-5-3-2-4-6-13/h2-10,18-20H,11-12H2,1H3. The molecule has 3 rings (SSSR count). The van der Waals surface area contributed by atoms with E-state index in [0.29, 0.717) is 0 Å². The normalized spacial score (nSPS) is 11.7. The lowest BCUT2D eigenvalue weighted by Gasteiger charge is -2.07. The van der Waals surface area contributed by atoms with Gasteiger partial charge in [0.1, 0.15) is 5.75 Å². The Kier molecular flexibility index (Phi) is 4.84. The molecular formula is C17H19N3O3S. The summed E-state index contributed by atoms with van der Waals surface area (Å²) in [4.78, 5) is 3.18. The van der Waals surface area contributed by atoms with Gasteiger partial charge in [-0.05, 0) is 29.8 Å². The van der Waals surface area contributed by atoms with E-state index in [1.807, 2.05) is 54.6 Å². The van der Waals surface area contributed by atoms with Gasteiger partial charge in [0.2, 0.25) is 0 Å². The van der Waals surface area contributed by atoms with E-state index in [1.165, 1.54) is 0 Å². The van der Waals surface area contributed by atoms with Gasteiger partial charge in [-0.25, -0.2) is 0 Å². The first-order valence-corrected chi connectivity index (χ1v) is 8.98. The molecule has 0 amide bonds. The average Bonchev–Trinajstić information content (AvgIpc) is 3.01. The maximum atomic E-state index is 12.0. The highest BCUT2D eigenvalue weighted by atomic mass is 32.2. The van der Waals surface area contributed by atoms with Crippen molar-refractivity contribution in [2.24, 2.45) is 0 Å². The Balaban J connectivity index is 1.61. The number of methoxy groups -OCH3 is 1. The summed E-state index contributed by atoms with van der Waals surface area (Å²) in [5.41, 5.74) is 2.62. The third kappa shape index (κ3) is 4.14. The van der Waals surface area contributed by atoms with E-state index in [2.05, 4.69) is 14.4 Å². The van der Waals surface area contributed by atoms with Crippen LogP contribution in [-0.2, 0) is 23.3 Å². The molecule has 0 fully saturated rings. The van der Waals surface area contributed by atoms with Crippen molar-refractivity contribution in [3.8, 4) is 5.75 Å². The van der Waals surface area contributed by atoms with Gasteiger partial charge in [-0.15, -0.1) is 0 Å². The summed E-state index contributed by atoms with van der Waals surface area (Å²) in [6.45, 7) is 0.432. The number of H-pyrrole nitrogens is 1. The number of rotatable bonds is 7. The fraction of sp³-hybridized carbons (Fsp3) is 0.176. The van der Waals surface area contributed by atoms with Gasteiger partial charge in [-0.1, -0.05) is 30.3 Å². The fourth-order valence-corrected chi connectivity index (χ4v) is 3.20. The molecule has 0 unspecified atom stereocenters. The van der Waals surface area contributed by atoms with Gasteiger partial charge in [0.25, 0.3) is 10.2 Å². The molecule has 126 valence electrons. The van der Waals surface area contributed by atoms with E-state index >= 15 is 0 Å². The Labute approximate surface area is 141 Å². The highest BCUT2D eigenvalue weighted by Gasteiger charge is 2.10. The highest BCUT2D eigenvalue weighted by Crippen LogP contribution is 2.21. The predicted molar refractivity (Wildman–Crippen MR) is 93.9 cm³/mol. The van der Waals surface area contributed by atoms with Crippen LogP contribution in [0.25, 0.3) is 10.9 Å². The van der Waals surface area contributed by atoms with E-state index in [4.69, 9.17) is 4.74 Å². The van der Waals surface area contributed by atoms with Crippen molar-refractivity contribution in [2.45, 2.75) is 13.1 Å². The number of nitrogens with one attached hydrogen (secondary N) is 3. The van der Waals surface area contributed by atoms with Crippen molar-refractivity contribution in [3.63, 3.8) is 0 Å². The zero-order valence-corrected chi connectivity index (χ0v) is 14.1. The molecule has 3 N–H and O–H groups in total. The molecule has 24 heavy (non-hydrogen) atoms. The van der Waals surface area contributed by atoms with Crippen LogP contribution >= 0.6 is 0 Å². The summed E-state index contributed by atoms with van der Waals surface area (Å²) in [6.07, 6.45) is 0. The number of aromatic amines is 1. The van der Waals surface area contributed by atoms with Crippen LogP contribution in [0.1, 0.15) is 11.3 Å². The molecule has 0 aliphatic carbocycles. The predicted octanol–water partition coefficient (Wildman–Crippen LogP) is 2.30. The minimum atomic E-state index is -3.57. The van der Waals surface area contributed by atoms with E-state index in [0.717, 1.165) is 27.9 Å². The van der Waals surface area contributed by atoms with Crippen LogP contribution in [0.4, 0.5) is 0 Å². The maximum Gasteiger partial charge on any atom is 0.277 e. The summed E-state index contributed by atoms with van der Waals surface area (Å²) < 4.78 is 34.3. The molecule has 3 aromatic rings.